The Morgan fingerprint density at radius 1 is 1.04 bits per heavy atom. The molecule has 2 aromatic carbocycles. The van der Waals surface area contributed by atoms with Gasteiger partial charge in [0.25, 0.3) is 5.91 Å². The number of pyridine rings is 1. The number of aromatic nitrogens is 1. The Hall–Kier alpha value is -3.41. The molecule has 0 atom stereocenters. The third kappa shape index (κ3) is 3.21. The molecule has 0 aliphatic carbocycles. The summed E-state index contributed by atoms with van der Waals surface area (Å²) in [5, 5.41) is 6.99. The van der Waals surface area contributed by atoms with Crippen molar-refractivity contribution in [1.29, 1.82) is 0 Å². The first-order valence-electron chi connectivity index (χ1n) is 8.66. The third-order valence-electron chi connectivity index (χ3n) is 4.60. The maximum atomic E-state index is 12.8. The van der Waals surface area contributed by atoms with Gasteiger partial charge in [0, 0.05) is 29.1 Å². The monoisotopic (exact) mass is 361 g/mol. The Morgan fingerprint density at radius 2 is 1.89 bits per heavy atom. The van der Waals surface area contributed by atoms with Gasteiger partial charge in [0.1, 0.15) is 0 Å². The van der Waals surface area contributed by atoms with E-state index in [0.717, 1.165) is 22.2 Å². The molecular formula is C21H19N3O3. The van der Waals surface area contributed by atoms with Gasteiger partial charge in [-0.15, -0.1) is 0 Å². The number of methoxy groups -OCH3 is 2. The van der Waals surface area contributed by atoms with Crippen molar-refractivity contribution in [2.24, 2.45) is 5.10 Å². The van der Waals surface area contributed by atoms with Crippen LogP contribution in [-0.2, 0) is 0 Å². The van der Waals surface area contributed by atoms with Crippen LogP contribution in [0.2, 0.25) is 0 Å². The third-order valence-corrected chi connectivity index (χ3v) is 4.60. The second kappa shape index (κ2) is 7.07. The SMILES string of the molecule is COc1ccc(C2=NN(C(=O)c3ccc4ncccc4c3)CC2)cc1OC. The molecule has 2 heterocycles. The first-order valence-corrected chi connectivity index (χ1v) is 8.66. The van der Waals surface area contributed by atoms with Gasteiger partial charge >= 0.3 is 0 Å². The van der Waals surface area contributed by atoms with Gasteiger partial charge in [0.05, 0.1) is 32.0 Å². The molecule has 1 aliphatic rings. The highest BCUT2D eigenvalue weighted by atomic mass is 16.5. The maximum absolute atomic E-state index is 12.8. The number of benzene rings is 2. The van der Waals surface area contributed by atoms with Crippen molar-refractivity contribution in [2.75, 3.05) is 20.8 Å². The second-order valence-corrected chi connectivity index (χ2v) is 6.21. The molecule has 3 aromatic rings. The Bertz CT molecular complexity index is 1050. The predicted molar refractivity (Wildman–Crippen MR) is 103 cm³/mol. The molecule has 0 N–H and O–H groups in total. The van der Waals surface area contributed by atoms with Crippen molar-refractivity contribution in [3.63, 3.8) is 0 Å². The van der Waals surface area contributed by atoms with Gasteiger partial charge in [-0.1, -0.05) is 6.07 Å². The molecule has 0 saturated heterocycles. The minimum absolute atomic E-state index is 0.115. The summed E-state index contributed by atoms with van der Waals surface area (Å²) in [6.07, 6.45) is 2.43. The van der Waals surface area contributed by atoms with E-state index in [1.165, 1.54) is 5.01 Å². The minimum atomic E-state index is -0.115. The van der Waals surface area contributed by atoms with Crippen molar-refractivity contribution < 1.29 is 14.3 Å². The van der Waals surface area contributed by atoms with Crippen molar-refractivity contribution >= 4 is 22.5 Å². The van der Waals surface area contributed by atoms with E-state index in [0.29, 0.717) is 30.0 Å². The van der Waals surface area contributed by atoms with E-state index in [9.17, 15) is 4.79 Å². The van der Waals surface area contributed by atoms with E-state index >= 15 is 0 Å². The number of hydrogen-bond acceptors (Lipinski definition) is 5. The molecule has 0 unspecified atom stereocenters. The highest BCUT2D eigenvalue weighted by molar-refractivity contribution is 6.05. The lowest BCUT2D eigenvalue weighted by molar-refractivity contribution is 0.0778. The van der Waals surface area contributed by atoms with Crippen molar-refractivity contribution in [2.45, 2.75) is 6.42 Å². The van der Waals surface area contributed by atoms with Crippen LogP contribution in [0.4, 0.5) is 0 Å². The molecular weight excluding hydrogens is 342 g/mol. The van der Waals surface area contributed by atoms with E-state index < -0.39 is 0 Å². The second-order valence-electron chi connectivity index (χ2n) is 6.21. The summed E-state index contributed by atoms with van der Waals surface area (Å²) in [5.74, 6) is 1.19. The van der Waals surface area contributed by atoms with Crippen molar-refractivity contribution in [1.82, 2.24) is 9.99 Å². The number of amides is 1. The molecule has 6 heteroatoms. The topological polar surface area (TPSA) is 64.0 Å². The number of nitrogens with zero attached hydrogens (tertiary/aromatic N) is 3. The molecule has 0 bridgehead atoms. The summed E-state index contributed by atoms with van der Waals surface area (Å²) < 4.78 is 10.6. The van der Waals surface area contributed by atoms with Gasteiger partial charge < -0.3 is 9.47 Å². The molecule has 4 rings (SSSR count). The lowest BCUT2D eigenvalue weighted by Gasteiger charge is -2.12. The zero-order valence-electron chi connectivity index (χ0n) is 15.2. The molecule has 0 radical (unpaired) electrons. The number of fused-ring (bicyclic) bond motifs is 1. The Morgan fingerprint density at radius 3 is 2.70 bits per heavy atom. The molecule has 1 aromatic heterocycles. The average Bonchev–Trinajstić information content (AvgIpc) is 3.22. The minimum Gasteiger partial charge on any atom is -0.493 e. The number of rotatable bonds is 4. The predicted octanol–water partition coefficient (Wildman–Crippen LogP) is 3.50. The van der Waals surface area contributed by atoms with Crippen LogP contribution in [0.15, 0.2) is 59.8 Å². The van der Waals surface area contributed by atoms with Gasteiger partial charge in [0.2, 0.25) is 0 Å². The fraction of sp³-hybridized carbons (Fsp3) is 0.190. The van der Waals surface area contributed by atoms with Gasteiger partial charge in [-0.3, -0.25) is 9.78 Å². The van der Waals surface area contributed by atoms with Crippen LogP contribution < -0.4 is 9.47 Å². The zero-order valence-corrected chi connectivity index (χ0v) is 15.2. The van der Waals surface area contributed by atoms with Gasteiger partial charge in [-0.2, -0.15) is 5.10 Å². The molecule has 1 amide bonds. The van der Waals surface area contributed by atoms with Gasteiger partial charge in [-0.05, 0) is 42.5 Å². The van der Waals surface area contributed by atoms with Crippen molar-refractivity contribution in [3.05, 3.63) is 65.9 Å². The molecule has 0 fully saturated rings. The lowest BCUT2D eigenvalue weighted by atomic mass is 10.1. The highest BCUT2D eigenvalue weighted by Gasteiger charge is 2.23. The molecule has 136 valence electrons. The lowest BCUT2D eigenvalue weighted by Crippen LogP contribution is -2.23. The fourth-order valence-electron chi connectivity index (χ4n) is 3.18. The summed E-state index contributed by atoms with van der Waals surface area (Å²) in [6.45, 7) is 0.549. The van der Waals surface area contributed by atoms with Crippen LogP contribution in [0.5, 0.6) is 11.5 Å². The average molecular weight is 361 g/mol. The quantitative estimate of drug-likeness (QED) is 0.713. The normalized spacial score (nSPS) is 13.6. The summed E-state index contributed by atoms with van der Waals surface area (Å²) in [4.78, 5) is 17.1. The summed E-state index contributed by atoms with van der Waals surface area (Å²) in [7, 11) is 3.20. The van der Waals surface area contributed by atoms with Gasteiger partial charge in [-0.25, -0.2) is 5.01 Å². The van der Waals surface area contributed by atoms with Crippen LogP contribution in [0.25, 0.3) is 10.9 Å². The Labute approximate surface area is 157 Å². The number of hydrazone groups is 1. The largest absolute Gasteiger partial charge is 0.493 e. The molecule has 0 spiro atoms. The van der Waals surface area contributed by atoms with Crippen molar-refractivity contribution in [3.8, 4) is 11.5 Å². The zero-order chi connectivity index (χ0) is 18.8. The van der Waals surface area contributed by atoms with E-state index in [-0.39, 0.29) is 5.91 Å². The maximum Gasteiger partial charge on any atom is 0.273 e. The molecule has 1 aliphatic heterocycles. The van der Waals surface area contributed by atoms with E-state index in [2.05, 4.69) is 10.1 Å². The Kier molecular flexibility index (Phi) is 4.46. The number of ether oxygens (including phenoxy) is 2. The molecule has 6 nitrogen and oxygen atoms in total. The summed E-state index contributed by atoms with van der Waals surface area (Å²) in [5.41, 5.74) is 3.25. The number of carbonyl (C=O) groups is 1. The summed E-state index contributed by atoms with van der Waals surface area (Å²) in [6, 6.07) is 15.0. The van der Waals surface area contributed by atoms with Crippen LogP contribution in [0.3, 0.4) is 0 Å². The van der Waals surface area contributed by atoms with E-state index in [1.807, 2.05) is 42.5 Å². The standard InChI is InChI=1S/C21H19N3O3/c1-26-19-8-6-15(13-20(19)27-2)18-9-11-24(23-18)21(25)16-5-7-17-14(12-16)4-3-10-22-17/h3-8,10,12-13H,9,11H2,1-2H3. The smallest absolute Gasteiger partial charge is 0.273 e. The van der Waals surface area contributed by atoms with E-state index in [4.69, 9.17) is 9.47 Å². The van der Waals surface area contributed by atoms with E-state index in [1.54, 1.807) is 26.5 Å². The first-order chi connectivity index (χ1) is 13.2. The highest BCUT2D eigenvalue weighted by Crippen LogP contribution is 2.29. The van der Waals surface area contributed by atoms with Crippen LogP contribution in [0, 0.1) is 0 Å². The number of carbonyl (C=O) groups excluding carboxylic acids is 1. The first kappa shape index (κ1) is 17.0. The Balaban J connectivity index is 1.60. The van der Waals surface area contributed by atoms with Crippen LogP contribution in [0.1, 0.15) is 22.3 Å². The van der Waals surface area contributed by atoms with Gasteiger partial charge in [0.15, 0.2) is 11.5 Å². The fourth-order valence-corrected chi connectivity index (χ4v) is 3.18. The number of hydrogen-bond donors (Lipinski definition) is 0. The molecule has 0 saturated carbocycles. The van der Waals surface area contributed by atoms with Crippen LogP contribution in [-0.4, -0.2) is 42.4 Å². The van der Waals surface area contributed by atoms with Crippen LogP contribution >= 0.6 is 0 Å². The summed E-state index contributed by atoms with van der Waals surface area (Å²) >= 11 is 0. The molecule has 27 heavy (non-hydrogen) atoms.